The van der Waals surface area contributed by atoms with Crippen molar-refractivity contribution in [2.75, 3.05) is 62.7 Å². The lowest BCUT2D eigenvalue weighted by atomic mass is 9.91. The first-order valence-corrected chi connectivity index (χ1v) is 20.8. The van der Waals surface area contributed by atoms with Gasteiger partial charge in [0.2, 0.25) is 11.8 Å². The number of aryl methyl sites for hydroxylation is 1. The third-order valence-corrected chi connectivity index (χ3v) is 12.8. The first-order valence-electron chi connectivity index (χ1n) is 20.8. The van der Waals surface area contributed by atoms with Gasteiger partial charge < -0.3 is 19.4 Å². The number of carbonyl (C=O) groups excluding carboxylic acids is 5. The highest BCUT2D eigenvalue weighted by molar-refractivity contribution is 6.24. The number of nitrogens with zero attached hydrogens (tertiary/aromatic N) is 9. The van der Waals surface area contributed by atoms with Crippen molar-refractivity contribution in [3.63, 3.8) is 0 Å². The molecule has 1 atom stereocenters. The van der Waals surface area contributed by atoms with Gasteiger partial charge in [-0.15, -0.1) is 10.2 Å². The Morgan fingerprint density at radius 1 is 0.817 bits per heavy atom. The average molecular weight is 813 g/mol. The van der Waals surface area contributed by atoms with Gasteiger partial charge in [0.15, 0.2) is 11.5 Å². The van der Waals surface area contributed by atoms with E-state index in [2.05, 4.69) is 30.2 Å². The molecule has 5 amide bonds. The fraction of sp³-hybridized carbons (Fsp3) is 0.477. The molecule has 1 aromatic heterocycles. The third-order valence-electron chi connectivity index (χ3n) is 12.8. The number of piperazine rings is 1. The maximum Gasteiger partial charge on any atom is 0.274 e. The number of hydrogen-bond acceptors (Lipinski definition) is 13. The monoisotopic (exact) mass is 812 g/mol. The predicted octanol–water partition coefficient (Wildman–Crippen LogP) is 3.43. The number of rotatable bonds is 9. The SMILES string of the molecule is Cc1cc2c(cc1N1CCN(CC3CCN(c4ccc(C(=O)N(C)C5CCC(Oc6ccc(C#N)c(C#N)c6)CC5)nn4)CC3)CC1)C(=O)N(C1CCC(=O)NC1=O)C2=O. The van der Waals surface area contributed by atoms with E-state index in [4.69, 9.17) is 4.74 Å². The molecule has 2 aromatic carbocycles. The maximum atomic E-state index is 13.4. The number of amides is 5. The van der Waals surface area contributed by atoms with Crippen molar-refractivity contribution < 1.29 is 28.7 Å². The van der Waals surface area contributed by atoms with Gasteiger partial charge in [0.25, 0.3) is 17.7 Å². The number of imide groups is 2. The molecule has 1 N–H and O–H groups in total. The smallest absolute Gasteiger partial charge is 0.274 e. The van der Waals surface area contributed by atoms with Crippen LogP contribution in [0.3, 0.4) is 0 Å². The van der Waals surface area contributed by atoms with Gasteiger partial charge in [-0.05, 0) is 106 Å². The van der Waals surface area contributed by atoms with Crippen molar-refractivity contribution in [1.29, 1.82) is 10.5 Å². The first kappa shape index (κ1) is 40.4. The van der Waals surface area contributed by atoms with Crippen molar-refractivity contribution in [2.24, 2.45) is 5.92 Å². The average Bonchev–Trinajstić information content (AvgIpc) is 3.50. The van der Waals surface area contributed by atoms with Crippen LogP contribution in [0.25, 0.3) is 0 Å². The maximum absolute atomic E-state index is 13.4. The Kier molecular flexibility index (Phi) is 11.5. The van der Waals surface area contributed by atoms with Gasteiger partial charge in [0.1, 0.15) is 23.9 Å². The largest absolute Gasteiger partial charge is 0.490 e. The van der Waals surface area contributed by atoms with Crippen molar-refractivity contribution >= 4 is 41.0 Å². The van der Waals surface area contributed by atoms with Gasteiger partial charge in [-0.2, -0.15) is 10.5 Å². The van der Waals surface area contributed by atoms with Crippen molar-refractivity contribution in [1.82, 2.24) is 30.2 Å². The number of hydrogen-bond donors (Lipinski definition) is 1. The molecule has 310 valence electrons. The predicted molar refractivity (Wildman–Crippen MR) is 218 cm³/mol. The van der Waals surface area contributed by atoms with Crippen LogP contribution in [0.2, 0.25) is 0 Å². The summed E-state index contributed by atoms with van der Waals surface area (Å²) in [5.74, 6) is -0.266. The summed E-state index contributed by atoms with van der Waals surface area (Å²) in [7, 11) is 1.81. The van der Waals surface area contributed by atoms with E-state index in [1.54, 1.807) is 41.3 Å². The van der Waals surface area contributed by atoms with E-state index in [9.17, 15) is 34.5 Å². The van der Waals surface area contributed by atoms with Crippen molar-refractivity contribution in [2.45, 2.75) is 76.5 Å². The minimum Gasteiger partial charge on any atom is -0.490 e. The van der Waals surface area contributed by atoms with Gasteiger partial charge in [-0.3, -0.25) is 39.1 Å². The summed E-state index contributed by atoms with van der Waals surface area (Å²) in [5, 5.41) is 29.6. The normalized spacial score (nSPS) is 22.5. The highest BCUT2D eigenvalue weighted by Gasteiger charge is 2.45. The molecular formula is C44H48N10O6. The Morgan fingerprint density at radius 3 is 2.17 bits per heavy atom. The second kappa shape index (κ2) is 17.1. The van der Waals surface area contributed by atoms with E-state index in [-0.39, 0.29) is 30.9 Å². The summed E-state index contributed by atoms with van der Waals surface area (Å²) in [5.41, 5.74) is 3.36. The zero-order valence-electron chi connectivity index (χ0n) is 33.9. The van der Waals surface area contributed by atoms with Crippen LogP contribution < -0.4 is 19.9 Å². The molecule has 60 heavy (non-hydrogen) atoms. The van der Waals surface area contributed by atoms with Crippen LogP contribution in [0.15, 0.2) is 42.5 Å². The molecule has 0 spiro atoms. The molecule has 0 bridgehead atoms. The molecule has 3 aromatic rings. The second-order valence-electron chi connectivity index (χ2n) is 16.5. The Morgan fingerprint density at radius 2 is 1.52 bits per heavy atom. The molecule has 5 aliphatic rings. The number of fused-ring (bicyclic) bond motifs is 1. The topological polar surface area (TPSA) is 196 Å². The lowest BCUT2D eigenvalue weighted by Gasteiger charge is -2.40. The highest BCUT2D eigenvalue weighted by atomic mass is 16.5. The fourth-order valence-electron chi connectivity index (χ4n) is 9.32. The van der Waals surface area contributed by atoms with E-state index in [0.717, 1.165) is 106 Å². The molecule has 16 heteroatoms. The number of carbonyl (C=O) groups is 5. The summed E-state index contributed by atoms with van der Waals surface area (Å²) < 4.78 is 6.12. The minimum absolute atomic E-state index is 0.0313. The van der Waals surface area contributed by atoms with Crippen LogP contribution in [0, 0.1) is 35.5 Å². The third kappa shape index (κ3) is 8.12. The lowest BCUT2D eigenvalue weighted by Crippen LogP contribution is -2.54. The Balaban J connectivity index is 0.774. The first-order chi connectivity index (χ1) is 29.0. The van der Waals surface area contributed by atoms with Crippen LogP contribution in [0.1, 0.15) is 99.3 Å². The number of anilines is 2. The quantitative estimate of drug-likeness (QED) is 0.309. The van der Waals surface area contributed by atoms with E-state index >= 15 is 0 Å². The Hall–Kier alpha value is -6.39. The summed E-state index contributed by atoms with van der Waals surface area (Å²) in [6.45, 7) is 7.97. The summed E-state index contributed by atoms with van der Waals surface area (Å²) in [6, 6.07) is 15.3. The molecule has 5 heterocycles. The van der Waals surface area contributed by atoms with Gasteiger partial charge in [0, 0.05) is 71.0 Å². The van der Waals surface area contributed by atoms with Crippen LogP contribution in [0.4, 0.5) is 11.5 Å². The van der Waals surface area contributed by atoms with Gasteiger partial charge in [-0.1, -0.05) is 0 Å². The molecule has 4 fully saturated rings. The molecule has 1 aliphatic carbocycles. The Bertz CT molecular complexity index is 2280. The van der Waals surface area contributed by atoms with Crippen LogP contribution in [-0.4, -0.2) is 125 Å². The number of benzene rings is 2. The molecule has 1 saturated carbocycles. The fourth-order valence-corrected chi connectivity index (χ4v) is 9.32. The summed E-state index contributed by atoms with van der Waals surface area (Å²) >= 11 is 0. The second-order valence-corrected chi connectivity index (χ2v) is 16.5. The Labute approximate surface area is 348 Å². The molecule has 8 rings (SSSR count). The van der Waals surface area contributed by atoms with E-state index < -0.39 is 29.7 Å². The summed E-state index contributed by atoms with van der Waals surface area (Å²) in [4.78, 5) is 74.0. The number of nitriles is 2. The van der Waals surface area contributed by atoms with Crippen molar-refractivity contribution in [3.05, 3.63) is 76.0 Å². The zero-order valence-corrected chi connectivity index (χ0v) is 33.9. The minimum atomic E-state index is -0.985. The molecule has 3 saturated heterocycles. The number of aromatic nitrogens is 2. The molecule has 0 radical (unpaired) electrons. The summed E-state index contributed by atoms with van der Waals surface area (Å²) in [6.07, 6.45) is 5.30. The number of nitrogens with one attached hydrogen (secondary N) is 1. The highest BCUT2D eigenvalue weighted by Crippen LogP contribution is 2.34. The van der Waals surface area contributed by atoms with Crippen molar-refractivity contribution in [3.8, 4) is 17.9 Å². The molecule has 16 nitrogen and oxygen atoms in total. The van der Waals surface area contributed by atoms with E-state index in [1.165, 1.54) is 0 Å². The van der Waals surface area contributed by atoms with Crippen LogP contribution in [0.5, 0.6) is 5.75 Å². The van der Waals surface area contributed by atoms with Crippen LogP contribution >= 0.6 is 0 Å². The van der Waals surface area contributed by atoms with Crippen LogP contribution in [-0.2, 0) is 9.59 Å². The standard InChI is InChI=1S/C44H48N10O6/c1-27-21-34-35(43(58)54(42(34)57)37-10-12-40(55)47-41(37)56)23-38(27)52-19-17-51(18-20-52)26-28-13-15-53(16-14-28)39-11-9-36(48-49-39)44(59)50(2)31-4-7-32(8-5-31)60-33-6-3-29(24-45)30(22-33)25-46/h3,6,9,11,21-23,28,31-32,37H,4-5,7-8,10,12-20,26H2,1-2H3,(H,47,55,56). The number of piperidine rings is 2. The molecule has 4 aliphatic heterocycles. The van der Waals surface area contributed by atoms with Gasteiger partial charge >= 0.3 is 0 Å². The molecule has 1 unspecified atom stereocenters. The lowest BCUT2D eigenvalue weighted by molar-refractivity contribution is -0.136. The van der Waals surface area contributed by atoms with Gasteiger partial charge in [0.05, 0.1) is 28.4 Å². The molecular weight excluding hydrogens is 765 g/mol. The number of ether oxygens (including phenoxy) is 1. The zero-order chi connectivity index (χ0) is 42.1. The van der Waals surface area contributed by atoms with Gasteiger partial charge in [-0.25, -0.2) is 0 Å². The van der Waals surface area contributed by atoms with E-state index in [1.807, 2.05) is 32.2 Å². The van der Waals surface area contributed by atoms with E-state index in [0.29, 0.717) is 39.6 Å².